The van der Waals surface area contributed by atoms with Gasteiger partial charge in [0, 0.05) is 27.9 Å². The second-order valence-electron chi connectivity index (χ2n) is 12.1. The maximum atomic E-state index is 6.73. The predicted octanol–water partition coefficient (Wildman–Crippen LogP) is 13.2. The van der Waals surface area contributed by atoms with Crippen LogP contribution in [0.3, 0.4) is 0 Å². The van der Waals surface area contributed by atoms with Gasteiger partial charge in [-0.15, -0.1) is 0 Å². The molecule has 48 heavy (non-hydrogen) atoms. The Morgan fingerprint density at radius 3 is 1.75 bits per heavy atom. The van der Waals surface area contributed by atoms with E-state index < -0.39 is 0 Å². The number of nitrogens with zero attached hydrogens (tertiary/aromatic N) is 1. The Morgan fingerprint density at radius 1 is 0.375 bits per heavy atom. The number of para-hydroxylation sites is 3. The van der Waals surface area contributed by atoms with Gasteiger partial charge in [-0.05, 0) is 86.8 Å². The fraction of sp³-hybridized carbons (Fsp3) is 0. The molecule has 0 N–H and O–H groups in total. The standard InChI is InChI=1S/C46H31NO/c1-3-15-33(16-4-1)45-41-24-12-14-26-44(41)48-46(45)40-23-11-13-25-43(40)47(35-18-5-2-6-19-35)36-29-27-32(28-30-36)42-31-34-17-7-8-20-37(34)38-21-9-10-22-39(38)42/h1-31H. The Bertz CT molecular complexity index is 2550. The molecule has 0 unspecified atom stereocenters. The molecule has 0 saturated carbocycles. The molecule has 1 aromatic heterocycles. The van der Waals surface area contributed by atoms with Crippen molar-refractivity contribution < 1.29 is 4.42 Å². The van der Waals surface area contributed by atoms with E-state index in [4.69, 9.17) is 4.42 Å². The molecule has 9 aromatic rings. The highest BCUT2D eigenvalue weighted by atomic mass is 16.3. The molecular weight excluding hydrogens is 583 g/mol. The van der Waals surface area contributed by atoms with E-state index in [0.717, 1.165) is 50.5 Å². The van der Waals surface area contributed by atoms with E-state index in [2.05, 4.69) is 187 Å². The van der Waals surface area contributed by atoms with E-state index >= 15 is 0 Å². The van der Waals surface area contributed by atoms with Crippen LogP contribution in [-0.4, -0.2) is 0 Å². The molecule has 0 aliphatic carbocycles. The second kappa shape index (κ2) is 11.8. The van der Waals surface area contributed by atoms with Gasteiger partial charge in [0.15, 0.2) is 0 Å². The smallest absolute Gasteiger partial charge is 0.145 e. The van der Waals surface area contributed by atoms with Gasteiger partial charge < -0.3 is 9.32 Å². The van der Waals surface area contributed by atoms with Gasteiger partial charge in [-0.2, -0.15) is 0 Å². The second-order valence-corrected chi connectivity index (χ2v) is 12.1. The minimum Gasteiger partial charge on any atom is -0.455 e. The van der Waals surface area contributed by atoms with Gasteiger partial charge in [0.1, 0.15) is 11.3 Å². The molecule has 0 atom stereocenters. The molecule has 0 spiro atoms. The fourth-order valence-corrected chi connectivity index (χ4v) is 7.07. The lowest BCUT2D eigenvalue weighted by molar-refractivity contribution is 0.632. The Labute approximate surface area is 279 Å². The number of fused-ring (bicyclic) bond motifs is 4. The van der Waals surface area contributed by atoms with Crippen LogP contribution in [0.1, 0.15) is 0 Å². The number of benzene rings is 8. The Hall–Kier alpha value is -6.38. The van der Waals surface area contributed by atoms with Crippen LogP contribution in [0.25, 0.3) is 66.1 Å². The van der Waals surface area contributed by atoms with E-state index in [1.54, 1.807) is 0 Å². The van der Waals surface area contributed by atoms with Crippen LogP contribution in [0.15, 0.2) is 192 Å². The molecule has 226 valence electrons. The van der Waals surface area contributed by atoms with Gasteiger partial charge >= 0.3 is 0 Å². The minimum absolute atomic E-state index is 0.859. The number of rotatable bonds is 6. The molecule has 0 aliphatic rings. The summed E-state index contributed by atoms with van der Waals surface area (Å²) in [5.74, 6) is 0.859. The van der Waals surface area contributed by atoms with Gasteiger partial charge in [-0.3, -0.25) is 0 Å². The molecule has 8 aromatic carbocycles. The Morgan fingerprint density at radius 2 is 0.958 bits per heavy atom. The van der Waals surface area contributed by atoms with Crippen molar-refractivity contribution in [1.29, 1.82) is 0 Å². The lowest BCUT2D eigenvalue weighted by Crippen LogP contribution is -2.11. The molecule has 0 amide bonds. The number of hydrogen-bond donors (Lipinski definition) is 0. The summed E-state index contributed by atoms with van der Waals surface area (Å²) in [6.07, 6.45) is 0. The van der Waals surface area contributed by atoms with E-state index in [1.807, 2.05) is 6.07 Å². The van der Waals surface area contributed by atoms with Gasteiger partial charge in [-0.1, -0.05) is 140 Å². The lowest BCUT2D eigenvalue weighted by Gasteiger charge is -2.27. The van der Waals surface area contributed by atoms with Crippen molar-refractivity contribution in [1.82, 2.24) is 0 Å². The Balaban J connectivity index is 1.22. The first kappa shape index (κ1) is 27.9. The summed E-state index contributed by atoms with van der Waals surface area (Å²) in [6.45, 7) is 0. The topological polar surface area (TPSA) is 16.4 Å². The average molecular weight is 614 g/mol. The summed E-state index contributed by atoms with van der Waals surface area (Å²) >= 11 is 0. The highest BCUT2D eigenvalue weighted by Gasteiger charge is 2.23. The molecule has 9 rings (SSSR count). The van der Waals surface area contributed by atoms with Crippen molar-refractivity contribution in [2.75, 3.05) is 4.90 Å². The molecule has 0 radical (unpaired) electrons. The first-order valence-electron chi connectivity index (χ1n) is 16.4. The van der Waals surface area contributed by atoms with Crippen molar-refractivity contribution in [3.8, 4) is 33.6 Å². The average Bonchev–Trinajstić information content (AvgIpc) is 3.56. The zero-order valence-corrected chi connectivity index (χ0v) is 26.3. The van der Waals surface area contributed by atoms with E-state index in [9.17, 15) is 0 Å². The van der Waals surface area contributed by atoms with Crippen LogP contribution in [0.5, 0.6) is 0 Å². The van der Waals surface area contributed by atoms with E-state index in [0.29, 0.717) is 0 Å². The summed E-state index contributed by atoms with van der Waals surface area (Å²) in [4.78, 5) is 2.33. The first-order chi connectivity index (χ1) is 23.8. The summed E-state index contributed by atoms with van der Waals surface area (Å²) in [7, 11) is 0. The third kappa shape index (κ3) is 4.74. The van der Waals surface area contributed by atoms with Crippen LogP contribution in [-0.2, 0) is 0 Å². The maximum Gasteiger partial charge on any atom is 0.145 e. The van der Waals surface area contributed by atoms with Crippen molar-refractivity contribution in [3.63, 3.8) is 0 Å². The van der Waals surface area contributed by atoms with E-state index in [1.165, 1.54) is 32.7 Å². The predicted molar refractivity (Wildman–Crippen MR) is 202 cm³/mol. The van der Waals surface area contributed by atoms with Gasteiger partial charge in [0.05, 0.1) is 5.69 Å². The highest BCUT2D eigenvalue weighted by Crippen LogP contribution is 2.47. The normalized spacial score (nSPS) is 11.3. The van der Waals surface area contributed by atoms with Crippen molar-refractivity contribution in [3.05, 3.63) is 188 Å². The number of furan rings is 1. The zero-order chi connectivity index (χ0) is 31.9. The van der Waals surface area contributed by atoms with Crippen molar-refractivity contribution in [2.45, 2.75) is 0 Å². The maximum absolute atomic E-state index is 6.73. The van der Waals surface area contributed by atoms with Crippen molar-refractivity contribution in [2.24, 2.45) is 0 Å². The third-order valence-electron chi connectivity index (χ3n) is 9.27. The summed E-state index contributed by atoms with van der Waals surface area (Å²) in [5.41, 5.74) is 9.74. The van der Waals surface area contributed by atoms with Crippen LogP contribution in [0.4, 0.5) is 17.1 Å². The molecule has 2 heteroatoms. The summed E-state index contributed by atoms with van der Waals surface area (Å²) < 4.78 is 6.73. The van der Waals surface area contributed by atoms with E-state index in [-0.39, 0.29) is 0 Å². The highest BCUT2D eigenvalue weighted by molar-refractivity contribution is 6.14. The first-order valence-corrected chi connectivity index (χ1v) is 16.4. The van der Waals surface area contributed by atoms with Crippen LogP contribution < -0.4 is 4.90 Å². The minimum atomic E-state index is 0.859. The third-order valence-corrected chi connectivity index (χ3v) is 9.27. The van der Waals surface area contributed by atoms with Gasteiger partial charge in [0.25, 0.3) is 0 Å². The fourth-order valence-electron chi connectivity index (χ4n) is 7.07. The number of hydrogen-bond acceptors (Lipinski definition) is 2. The summed E-state index contributed by atoms with van der Waals surface area (Å²) in [6, 6.07) is 66.7. The molecule has 2 nitrogen and oxygen atoms in total. The lowest BCUT2D eigenvalue weighted by atomic mass is 9.93. The van der Waals surface area contributed by atoms with Crippen molar-refractivity contribution >= 4 is 49.6 Å². The Kier molecular flexibility index (Phi) is 6.84. The quantitative estimate of drug-likeness (QED) is 0.174. The molecular formula is C46H31NO. The SMILES string of the molecule is c1ccc(-c2c(-c3ccccc3N(c3ccccc3)c3ccc(-c4cc5ccccc5c5ccccc45)cc3)oc3ccccc23)cc1. The van der Waals surface area contributed by atoms with Crippen LogP contribution in [0.2, 0.25) is 0 Å². The molecule has 0 bridgehead atoms. The molecule has 0 fully saturated rings. The number of anilines is 3. The summed E-state index contributed by atoms with van der Waals surface area (Å²) in [5, 5.41) is 6.16. The van der Waals surface area contributed by atoms with Crippen LogP contribution in [0, 0.1) is 0 Å². The van der Waals surface area contributed by atoms with Gasteiger partial charge in [0.2, 0.25) is 0 Å². The molecule has 0 aliphatic heterocycles. The molecule has 1 heterocycles. The monoisotopic (exact) mass is 613 g/mol. The largest absolute Gasteiger partial charge is 0.455 e. The molecule has 0 saturated heterocycles. The zero-order valence-electron chi connectivity index (χ0n) is 26.3. The van der Waals surface area contributed by atoms with Crippen LogP contribution >= 0.6 is 0 Å². The van der Waals surface area contributed by atoms with Gasteiger partial charge in [-0.25, -0.2) is 0 Å².